The highest BCUT2D eigenvalue weighted by Gasteiger charge is 2.41. The first-order chi connectivity index (χ1) is 11.1. The molecule has 5 nitrogen and oxygen atoms in total. The lowest BCUT2D eigenvalue weighted by Crippen LogP contribution is -2.52. The van der Waals surface area contributed by atoms with E-state index in [0.717, 1.165) is 0 Å². The van der Waals surface area contributed by atoms with E-state index in [9.17, 15) is 22.8 Å². The van der Waals surface area contributed by atoms with Gasteiger partial charge in [-0.05, 0) is 18.8 Å². The summed E-state index contributed by atoms with van der Waals surface area (Å²) in [7, 11) is 0. The molecule has 0 aromatic rings. The van der Waals surface area contributed by atoms with Crippen molar-refractivity contribution in [2.45, 2.75) is 57.8 Å². The zero-order valence-corrected chi connectivity index (χ0v) is 14.0. The molecule has 0 fully saturated rings. The van der Waals surface area contributed by atoms with Gasteiger partial charge in [0.05, 0.1) is 0 Å². The highest BCUT2D eigenvalue weighted by atomic mass is 19.4. The zero-order chi connectivity index (χ0) is 18.3. The Labute approximate surface area is 139 Å². The predicted molar refractivity (Wildman–Crippen MR) is 83.4 cm³/mol. The van der Waals surface area contributed by atoms with Gasteiger partial charge in [-0.1, -0.05) is 32.8 Å². The van der Waals surface area contributed by atoms with E-state index in [1.54, 1.807) is 24.8 Å². The van der Waals surface area contributed by atoms with Crippen LogP contribution >= 0.6 is 0 Å². The molecule has 0 bridgehead atoms. The van der Waals surface area contributed by atoms with E-state index >= 15 is 0 Å². The van der Waals surface area contributed by atoms with E-state index in [2.05, 4.69) is 5.32 Å². The Kier molecular flexibility index (Phi) is 7.72. The van der Waals surface area contributed by atoms with Crippen molar-refractivity contribution in [1.82, 2.24) is 10.2 Å². The Morgan fingerprint density at radius 3 is 2.46 bits per heavy atom. The molecule has 0 saturated heterocycles. The van der Waals surface area contributed by atoms with Gasteiger partial charge < -0.3 is 10.0 Å². The van der Waals surface area contributed by atoms with Gasteiger partial charge in [-0.15, -0.1) is 0 Å². The second kappa shape index (κ2) is 9.05. The number of nitrogens with one attached hydrogen (secondary N) is 1. The standard InChI is InChI=1S/C16H25F3N2O3/c1-11(2)14(15(23)24)20-12(16(17,18)19)7-4-3-5-9-21-10-6-8-13(21)22/h6,8,11-12,14,20H,3-5,7,9-10H2,1-2H3,(H,23,24)/t12-,14-/m0/s1. The van der Waals surface area contributed by atoms with Crippen molar-refractivity contribution in [3.8, 4) is 0 Å². The summed E-state index contributed by atoms with van der Waals surface area (Å²) in [5.41, 5.74) is 0. The largest absolute Gasteiger partial charge is 0.480 e. The van der Waals surface area contributed by atoms with Gasteiger partial charge in [-0.3, -0.25) is 14.9 Å². The molecule has 0 aromatic heterocycles. The first-order valence-electron chi connectivity index (χ1n) is 8.14. The van der Waals surface area contributed by atoms with Crippen LogP contribution in [0.25, 0.3) is 0 Å². The molecule has 0 spiro atoms. The Morgan fingerprint density at radius 1 is 1.33 bits per heavy atom. The molecule has 0 aromatic carbocycles. The zero-order valence-electron chi connectivity index (χ0n) is 14.0. The van der Waals surface area contributed by atoms with Gasteiger partial charge in [0.1, 0.15) is 12.1 Å². The molecule has 1 rings (SSSR count). The third-order valence-electron chi connectivity index (χ3n) is 4.03. The van der Waals surface area contributed by atoms with Crippen molar-refractivity contribution in [3.63, 3.8) is 0 Å². The second-order valence-electron chi connectivity index (χ2n) is 6.36. The molecular weight excluding hydrogens is 325 g/mol. The van der Waals surface area contributed by atoms with E-state index in [4.69, 9.17) is 5.11 Å². The number of hydrogen-bond donors (Lipinski definition) is 2. The van der Waals surface area contributed by atoms with Crippen molar-refractivity contribution in [3.05, 3.63) is 12.2 Å². The Balaban J connectivity index is 2.40. The third-order valence-corrected chi connectivity index (χ3v) is 4.03. The van der Waals surface area contributed by atoms with E-state index in [-0.39, 0.29) is 12.3 Å². The fourth-order valence-corrected chi connectivity index (χ4v) is 2.61. The lowest BCUT2D eigenvalue weighted by Gasteiger charge is -2.27. The maximum Gasteiger partial charge on any atom is 0.403 e. The fraction of sp³-hybridized carbons (Fsp3) is 0.750. The average molecular weight is 350 g/mol. The van der Waals surface area contributed by atoms with Gasteiger partial charge >= 0.3 is 12.1 Å². The van der Waals surface area contributed by atoms with Gasteiger partial charge in [0.25, 0.3) is 0 Å². The number of nitrogens with zero attached hydrogens (tertiary/aromatic N) is 1. The summed E-state index contributed by atoms with van der Waals surface area (Å²) in [6.45, 7) is 4.22. The van der Waals surface area contributed by atoms with Crippen LogP contribution in [0.1, 0.15) is 39.5 Å². The monoisotopic (exact) mass is 350 g/mol. The Morgan fingerprint density at radius 2 is 2.00 bits per heavy atom. The molecule has 1 heterocycles. The van der Waals surface area contributed by atoms with E-state index in [0.29, 0.717) is 32.4 Å². The summed E-state index contributed by atoms with van der Waals surface area (Å²) < 4.78 is 39.3. The number of unbranched alkanes of at least 4 members (excludes halogenated alkanes) is 2. The summed E-state index contributed by atoms with van der Waals surface area (Å²) >= 11 is 0. The van der Waals surface area contributed by atoms with Crippen LogP contribution in [0.15, 0.2) is 12.2 Å². The Hall–Kier alpha value is -1.57. The number of amides is 1. The second-order valence-corrected chi connectivity index (χ2v) is 6.36. The number of carboxylic acids is 1. The molecular formula is C16H25F3N2O3. The number of hydrogen-bond acceptors (Lipinski definition) is 3. The summed E-state index contributed by atoms with van der Waals surface area (Å²) in [5, 5.41) is 11.3. The van der Waals surface area contributed by atoms with Gasteiger partial charge in [0.15, 0.2) is 0 Å². The van der Waals surface area contributed by atoms with Crippen LogP contribution in [0.3, 0.4) is 0 Å². The minimum absolute atomic E-state index is 0.0638. The van der Waals surface area contributed by atoms with Crippen molar-refractivity contribution in [2.24, 2.45) is 5.92 Å². The van der Waals surface area contributed by atoms with Crippen LogP contribution < -0.4 is 5.32 Å². The smallest absolute Gasteiger partial charge is 0.403 e. The van der Waals surface area contributed by atoms with Crippen molar-refractivity contribution in [2.75, 3.05) is 13.1 Å². The molecule has 8 heteroatoms. The topological polar surface area (TPSA) is 69.6 Å². The van der Waals surface area contributed by atoms with E-state index in [1.165, 1.54) is 6.08 Å². The van der Waals surface area contributed by atoms with Crippen LogP contribution in [0, 0.1) is 5.92 Å². The lowest BCUT2D eigenvalue weighted by molar-refractivity contribution is -0.164. The first kappa shape index (κ1) is 20.5. The Bertz CT molecular complexity index is 464. The minimum atomic E-state index is -4.49. The molecule has 1 aliphatic rings. The predicted octanol–water partition coefficient (Wildman–Crippen LogP) is 2.57. The maximum atomic E-state index is 13.1. The summed E-state index contributed by atoms with van der Waals surface area (Å²) in [5.74, 6) is -1.79. The van der Waals surface area contributed by atoms with Crippen LogP contribution in [0.5, 0.6) is 0 Å². The average Bonchev–Trinajstić information content (AvgIpc) is 2.85. The molecule has 0 saturated carbocycles. The third kappa shape index (κ3) is 6.51. The molecule has 0 radical (unpaired) electrons. The fourth-order valence-electron chi connectivity index (χ4n) is 2.61. The maximum absolute atomic E-state index is 13.1. The number of carbonyl (C=O) groups is 2. The van der Waals surface area contributed by atoms with Crippen molar-refractivity contribution in [1.29, 1.82) is 0 Å². The molecule has 0 aliphatic carbocycles. The number of alkyl halides is 3. The number of carboxylic acid groups (broad SMARTS) is 1. The quantitative estimate of drug-likeness (QED) is 0.594. The molecule has 24 heavy (non-hydrogen) atoms. The van der Waals surface area contributed by atoms with Crippen molar-refractivity contribution < 1.29 is 27.9 Å². The highest BCUT2D eigenvalue weighted by molar-refractivity contribution is 5.89. The van der Waals surface area contributed by atoms with Gasteiger partial charge in [0.2, 0.25) is 5.91 Å². The van der Waals surface area contributed by atoms with Gasteiger partial charge in [-0.2, -0.15) is 13.2 Å². The van der Waals surface area contributed by atoms with E-state index in [1.807, 2.05) is 0 Å². The molecule has 1 aliphatic heterocycles. The number of halogens is 3. The number of rotatable bonds is 10. The molecule has 2 N–H and O–H groups in total. The first-order valence-corrected chi connectivity index (χ1v) is 8.14. The molecule has 0 unspecified atom stereocenters. The molecule has 2 atom stereocenters. The van der Waals surface area contributed by atoms with Crippen LogP contribution in [0.4, 0.5) is 13.2 Å². The van der Waals surface area contributed by atoms with Gasteiger partial charge in [-0.25, -0.2) is 0 Å². The summed E-state index contributed by atoms with van der Waals surface area (Å²) in [6.07, 6.45) is 0.0775. The SMILES string of the molecule is CC(C)[C@H](N[C@@H](CCCCCN1CC=CC1=O)C(F)(F)F)C(=O)O. The number of aliphatic carboxylic acids is 1. The highest BCUT2D eigenvalue weighted by Crippen LogP contribution is 2.25. The minimum Gasteiger partial charge on any atom is -0.480 e. The lowest BCUT2D eigenvalue weighted by atomic mass is 10.0. The summed E-state index contributed by atoms with van der Waals surface area (Å²) in [6, 6.07) is -3.07. The molecule has 138 valence electrons. The van der Waals surface area contributed by atoms with Crippen molar-refractivity contribution >= 4 is 11.9 Å². The normalized spacial score (nSPS) is 17.6. The van der Waals surface area contributed by atoms with E-state index < -0.39 is 30.1 Å². The van der Waals surface area contributed by atoms with Gasteiger partial charge in [0, 0.05) is 19.2 Å². The van der Waals surface area contributed by atoms with Crippen LogP contribution in [-0.4, -0.2) is 53.2 Å². The van der Waals surface area contributed by atoms with Crippen LogP contribution in [0.2, 0.25) is 0 Å². The molecule has 1 amide bonds. The summed E-state index contributed by atoms with van der Waals surface area (Å²) in [4.78, 5) is 24.1. The van der Waals surface area contributed by atoms with Crippen LogP contribution in [-0.2, 0) is 9.59 Å². The number of carbonyl (C=O) groups excluding carboxylic acids is 1.